The number of aromatic amines is 1. The summed E-state index contributed by atoms with van der Waals surface area (Å²) < 4.78 is 18.7. The SMILES string of the molecule is CC(=O)Nc1cc(-c2[nH]c3c(c2Cc2ccc(F)cc2)C(=O)CN(C(=O)OC(C)C)C3)ccn1. The van der Waals surface area contributed by atoms with Crippen LogP contribution in [-0.2, 0) is 22.5 Å². The lowest BCUT2D eigenvalue weighted by atomic mass is 9.93. The van der Waals surface area contributed by atoms with Crippen LogP contribution in [0.15, 0.2) is 42.6 Å². The number of fused-ring (bicyclic) bond motifs is 1. The molecule has 0 bridgehead atoms. The van der Waals surface area contributed by atoms with E-state index in [2.05, 4.69) is 15.3 Å². The molecule has 3 aromatic rings. The summed E-state index contributed by atoms with van der Waals surface area (Å²) in [7, 11) is 0. The highest BCUT2D eigenvalue weighted by atomic mass is 19.1. The Kier molecular flexibility index (Phi) is 6.45. The van der Waals surface area contributed by atoms with Gasteiger partial charge >= 0.3 is 6.09 Å². The van der Waals surface area contributed by atoms with Crippen LogP contribution in [0.3, 0.4) is 0 Å². The van der Waals surface area contributed by atoms with Crippen LogP contribution in [0.5, 0.6) is 0 Å². The van der Waals surface area contributed by atoms with Crippen molar-refractivity contribution in [1.29, 1.82) is 0 Å². The number of halogens is 1. The Morgan fingerprint density at radius 1 is 1.21 bits per heavy atom. The lowest BCUT2D eigenvalue weighted by Gasteiger charge is -2.26. The van der Waals surface area contributed by atoms with Gasteiger partial charge in [-0.1, -0.05) is 12.1 Å². The third-order valence-corrected chi connectivity index (χ3v) is 5.39. The number of pyridine rings is 1. The molecule has 1 aliphatic heterocycles. The smallest absolute Gasteiger partial charge is 0.410 e. The Balaban J connectivity index is 1.78. The van der Waals surface area contributed by atoms with E-state index in [1.54, 1.807) is 44.3 Å². The maximum Gasteiger partial charge on any atom is 0.410 e. The fourth-order valence-electron chi connectivity index (χ4n) is 4.02. The third kappa shape index (κ3) is 4.98. The average molecular weight is 464 g/mol. The summed E-state index contributed by atoms with van der Waals surface area (Å²) in [6.07, 6.45) is 1.08. The highest BCUT2D eigenvalue weighted by molar-refractivity contribution is 6.04. The first kappa shape index (κ1) is 23.2. The number of carbonyl (C=O) groups is 3. The number of ketones is 1. The van der Waals surface area contributed by atoms with E-state index >= 15 is 0 Å². The van der Waals surface area contributed by atoms with Crippen LogP contribution < -0.4 is 5.32 Å². The Hall–Kier alpha value is -4.01. The molecular weight excluding hydrogens is 439 g/mol. The number of benzene rings is 1. The minimum atomic E-state index is -0.554. The van der Waals surface area contributed by atoms with Crippen LogP contribution in [0.4, 0.5) is 15.0 Å². The van der Waals surface area contributed by atoms with Crippen LogP contribution in [0.2, 0.25) is 0 Å². The van der Waals surface area contributed by atoms with Gasteiger partial charge in [0, 0.05) is 36.4 Å². The van der Waals surface area contributed by atoms with Gasteiger partial charge in [0.25, 0.3) is 0 Å². The summed E-state index contributed by atoms with van der Waals surface area (Å²) >= 11 is 0. The summed E-state index contributed by atoms with van der Waals surface area (Å²) in [6.45, 7) is 4.98. The number of carbonyl (C=O) groups excluding carboxylic acids is 3. The van der Waals surface area contributed by atoms with E-state index in [1.165, 1.54) is 24.0 Å². The quantitative estimate of drug-likeness (QED) is 0.586. The van der Waals surface area contributed by atoms with E-state index < -0.39 is 6.09 Å². The molecular formula is C25H25FN4O4. The van der Waals surface area contributed by atoms with E-state index in [0.717, 1.165) is 16.7 Å². The number of nitrogens with zero attached hydrogens (tertiary/aromatic N) is 2. The maximum atomic E-state index is 13.5. The molecule has 0 saturated carbocycles. The van der Waals surface area contributed by atoms with Gasteiger partial charge in [-0.15, -0.1) is 0 Å². The van der Waals surface area contributed by atoms with Crippen molar-refractivity contribution in [2.24, 2.45) is 0 Å². The first-order valence-corrected chi connectivity index (χ1v) is 10.9. The van der Waals surface area contributed by atoms with Crippen molar-refractivity contribution in [2.45, 2.75) is 39.8 Å². The van der Waals surface area contributed by atoms with Crippen LogP contribution in [-0.4, -0.2) is 45.3 Å². The highest BCUT2D eigenvalue weighted by Gasteiger charge is 2.33. The number of ether oxygens (including phenoxy) is 1. The molecule has 9 heteroatoms. The number of nitrogens with one attached hydrogen (secondary N) is 2. The van der Waals surface area contributed by atoms with Crippen molar-refractivity contribution in [3.8, 4) is 11.3 Å². The Bertz CT molecular complexity index is 1250. The molecule has 0 atom stereocenters. The summed E-state index contributed by atoms with van der Waals surface area (Å²) in [5.41, 5.74) is 4.08. The monoisotopic (exact) mass is 464 g/mol. The van der Waals surface area contributed by atoms with Crippen LogP contribution in [0.1, 0.15) is 48.0 Å². The van der Waals surface area contributed by atoms with Crippen molar-refractivity contribution in [2.75, 3.05) is 11.9 Å². The minimum absolute atomic E-state index is 0.0975. The molecule has 34 heavy (non-hydrogen) atoms. The minimum Gasteiger partial charge on any atom is -0.447 e. The number of hydrogen-bond acceptors (Lipinski definition) is 5. The number of amides is 2. The van der Waals surface area contributed by atoms with Gasteiger partial charge in [-0.3, -0.25) is 14.5 Å². The molecule has 176 valence electrons. The van der Waals surface area contributed by atoms with E-state index in [4.69, 9.17) is 4.74 Å². The number of Topliss-reactive ketones (excluding diaryl/α,β-unsaturated/α-hetero) is 1. The predicted molar refractivity (Wildman–Crippen MR) is 124 cm³/mol. The van der Waals surface area contributed by atoms with E-state index in [1.807, 2.05) is 0 Å². The fraction of sp³-hybridized carbons (Fsp3) is 0.280. The van der Waals surface area contributed by atoms with Crippen molar-refractivity contribution in [1.82, 2.24) is 14.9 Å². The van der Waals surface area contributed by atoms with Gasteiger partial charge < -0.3 is 15.0 Å². The standard InChI is InChI=1S/C25H25FN4O4/c1-14(2)34-25(33)30-12-20-23(21(32)13-30)19(10-16-4-6-18(26)7-5-16)24(29-20)17-8-9-27-22(11-17)28-15(3)31/h4-9,11,14,29H,10,12-13H2,1-3H3,(H,27,28,31). The average Bonchev–Trinajstić information content (AvgIpc) is 3.13. The zero-order chi connectivity index (χ0) is 24.4. The van der Waals surface area contributed by atoms with Crippen LogP contribution in [0, 0.1) is 5.82 Å². The molecule has 2 aromatic heterocycles. The van der Waals surface area contributed by atoms with E-state index in [0.29, 0.717) is 29.2 Å². The molecule has 1 aliphatic rings. The lowest BCUT2D eigenvalue weighted by Crippen LogP contribution is -2.40. The molecule has 0 fully saturated rings. The van der Waals surface area contributed by atoms with Gasteiger partial charge in [-0.2, -0.15) is 0 Å². The van der Waals surface area contributed by atoms with Gasteiger partial charge in [0.2, 0.25) is 5.91 Å². The second-order valence-electron chi connectivity index (χ2n) is 8.46. The maximum absolute atomic E-state index is 13.5. The number of H-pyrrole nitrogens is 1. The molecule has 3 heterocycles. The zero-order valence-electron chi connectivity index (χ0n) is 19.1. The van der Waals surface area contributed by atoms with Gasteiger partial charge in [-0.25, -0.2) is 14.2 Å². The number of hydrogen-bond donors (Lipinski definition) is 2. The van der Waals surface area contributed by atoms with Crippen LogP contribution in [0.25, 0.3) is 11.3 Å². The number of aromatic nitrogens is 2. The number of anilines is 1. The number of rotatable bonds is 5. The molecule has 0 saturated heterocycles. The van der Waals surface area contributed by atoms with Crippen molar-refractivity contribution >= 4 is 23.6 Å². The predicted octanol–water partition coefficient (Wildman–Crippen LogP) is 4.31. The van der Waals surface area contributed by atoms with Crippen LogP contribution >= 0.6 is 0 Å². The third-order valence-electron chi connectivity index (χ3n) is 5.39. The highest BCUT2D eigenvalue weighted by Crippen LogP contribution is 2.34. The molecule has 1 aromatic carbocycles. The Labute approximate surface area is 196 Å². The lowest BCUT2D eigenvalue weighted by molar-refractivity contribution is -0.114. The molecule has 4 rings (SSSR count). The van der Waals surface area contributed by atoms with Crippen molar-refractivity contribution in [3.63, 3.8) is 0 Å². The Morgan fingerprint density at radius 2 is 1.94 bits per heavy atom. The molecule has 2 N–H and O–H groups in total. The van der Waals surface area contributed by atoms with E-state index in [-0.39, 0.29) is 36.7 Å². The molecule has 0 unspecified atom stereocenters. The first-order valence-electron chi connectivity index (χ1n) is 10.9. The zero-order valence-corrected chi connectivity index (χ0v) is 19.1. The van der Waals surface area contributed by atoms with Gasteiger partial charge in [0.05, 0.1) is 24.9 Å². The summed E-state index contributed by atoms with van der Waals surface area (Å²) in [4.78, 5) is 46.0. The normalized spacial score (nSPS) is 13.1. The largest absolute Gasteiger partial charge is 0.447 e. The summed E-state index contributed by atoms with van der Waals surface area (Å²) in [5.74, 6) is -0.433. The van der Waals surface area contributed by atoms with Crippen molar-refractivity contribution in [3.05, 3.63) is 70.8 Å². The Morgan fingerprint density at radius 3 is 2.62 bits per heavy atom. The van der Waals surface area contributed by atoms with Gasteiger partial charge in [0.1, 0.15) is 11.6 Å². The second-order valence-corrected chi connectivity index (χ2v) is 8.46. The molecule has 0 spiro atoms. The molecule has 8 nitrogen and oxygen atoms in total. The van der Waals surface area contributed by atoms with E-state index in [9.17, 15) is 18.8 Å². The van der Waals surface area contributed by atoms with Crippen molar-refractivity contribution < 1.29 is 23.5 Å². The molecule has 0 aliphatic carbocycles. The summed E-state index contributed by atoms with van der Waals surface area (Å²) in [5, 5.41) is 2.66. The second kappa shape index (κ2) is 9.46. The summed E-state index contributed by atoms with van der Waals surface area (Å²) in [6, 6.07) is 9.58. The fourth-order valence-corrected chi connectivity index (χ4v) is 4.02. The molecule has 2 amide bonds. The van der Waals surface area contributed by atoms with Gasteiger partial charge in [-0.05, 0) is 49.2 Å². The van der Waals surface area contributed by atoms with Gasteiger partial charge in [0.15, 0.2) is 5.78 Å². The molecule has 0 radical (unpaired) electrons. The topological polar surface area (TPSA) is 104 Å². The first-order chi connectivity index (χ1) is 16.2.